The molecule has 0 aliphatic carbocycles. The second-order valence-corrected chi connectivity index (χ2v) is 3.59. The van der Waals surface area contributed by atoms with Crippen LogP contribution in [-0.2, 0) is 9.53 Å². The second kappa shape index (κ2) is 6.80. The fraction of sp³-hybridized carbons (Fsp3) is 0.308. The Kier molecular flexibility index (Phi) is 5.29. The Morgan fingerprint density at radius 3 is 2.75 bits per heavy atom. The van der Waals surface area contributed by atoms with E-state index in [1.165, 1.54) is 7.11 Å². The summed E-state index contributed by atoms with van der Waals surface area (Å²) in [6.45, 7) is 0. The van der Waals surface area contributed by atoms with Crippen molar-refractivity contribution in [1.29, 1.82) is 0 Å². The van der Waals surface area contributed by atoms with Gasteiger partial charge in [-0.3, -0.25) is 4.79 Å². The Bertz CT molecular complexity index is 346. The van der Waals surface area contributed by atoms with Gasteiger partial charge in [-0.25, -0.2) is 0 Å². The summed E-state index contributed by atoms with van der Waals surface area (Å²) in [4.78, 5) is 10.9. The summed E-state index contributed by atoms with van der Waals surface area (Å²) in [5.74, 6) is -0.263. The Hall–Kier alpha value is -1.61. The van der Waals surface area contributed by atoms with Gasteiger partial charge in [-0.2, -0.15) is 0 Å². The van der Waals surface area contributed by atoms with E-state index in [1.807, 2.05) is 42.5 Å². The van der Waals surface area contributed by atoms with Crippen LogP contribution in [0.1, 0.15) is 18.4 Å². The van der Waals surface area contributed by atoms with Gasteiger partial charge >= 0.3 is 5.97 Å². The normalized spacial score (nSPS) is 12.6. The SMILES string of the molecule is COC(=O)CC(N)C/C=C/c1ccccc1. The molecule has 0 saturated carbocycles. The molecule has 0 saturated heterocycles. The lowest BCUT2D eigenvalue weighted by Gasteiger charge is -2.06. The second-order valence-electron chi connectivity index (χ2n) is 3.59. The molecule has 1 aromatic rings. The van der Waals surface area contributed by atoms with E-state index in [0.717, 1.165) is 5.56 Å². The van der Waals surface area contributed by atoms with Crippen LogP contribution in [0.2, 0.25) is 0 Å². The highest BCUT2D eigenvalue weighted by Gasteiger charge is 2.07. The van der Waals surface area contributed by atoms with E-state index in [0.29, 0.717) is 6.42 Å². The van der Waals surface area contributed by atoms with E-state index in [4.69, 9.17) is 5.73 Å². The molecule has 16 heavy (non-hydrogen) atoms. The maximum absolute atomic E-state index is 10.9. The van der Waals surface area contributed by atoms with Gasteiger partial charge in [-0.05, 0) is 12.0 Å². The van der Waals surface area contributed by atoms with E-state index in [9.17, 15) is 4.79 Å². The lowest BCUT2D eigenvalue weighted by Crippen LogP contribution is -2.23. The number of nitrogens with two attached hydrogens (primary N) is 1. The fourth-order valence-electron chi connectivity index (χ4n) is 1.32. The summed E-state index contributed by atoms with van der Waals surface area (Å²) >= 11 is 0. The van der Waals surface area contributed by atoms with Crippen LogP contribution in [0.3, 0.4) is 0 Å². The summed E-state index contributed by atoms with van der Waals surface area (Å²) in [6, 6.07) is 9.79. The standard InChI is InChI=1S/C13H17NO2/c1-16-13(15)10-12(14)9-5-8-11-6-3-2-4-7-11/h2-8,12H,9-10,14H2,1H3/b8-5+. The van der Waals surface area contributed by atoms with Gasteiger partial charge in [0.05, 0.1) is 13.5 Å². The highest BCUT2D eigenvalue weighted by molar-refractivity contribution is 5.69. The van der Waals surface area contributed by atoms with Gasteiger partial charge in [0.25, 0.3) is 0 Å². The number of methoxy groups -OCH3 is 1. The highest BCUT2D eigenvalue weighted by Crippen LogP contribution is 2.04. The van der Waals surface area contributed by atoms with Crippen LogP contribution in [0.5, 0.6) is 0 Å². The maximum atomic E-state index is 10.9. The molecule has 0 aliphatic heterocycles. The van der Waals surface area contributed by atoms with Crippen molar-refractivity contribution in [3.63, 3.8) is 0 Å². The molecule has 0 bridgehead atoms. The molecule has 1 atom stereocenters. The number of esters is 1. The summed E-state index contributed by atoms with van der Waals surface area (Å²) in [7, 11) is 1.37. The molecule has 0 aliphatic rings. The van der Waals surface area contributed by atoms with Crippen LogP contribution in [0, 0.1) is 0 Å². The first-order valence-corrected chi connectivity index (χ1v) is 5.26. The molecule has 86 valence electrons. The highest BCUT2D eigenvalue weighted by atomic mass is 16.5. The van der Waals surface area contributed by atoms with Crippen LogP contribution in [0.25, 0.3) is 6.08 Å². The lowest BCUT2D eigenvalue weighted by atomic mass is 10.1. The smallest absolute Gasteiger partial charge is 0.307 e. The zero-order valence-electron chi connectivity index (χ0n) is 9.43. The molecule has 1 unspecified atom stereocenters. The van der Waals surface area contributed by atoms with E-state index < -0.39 is 0 Å². The van der Waals surface area contributed by atoms with Gasteiger partial charge in [0.2, 0.25) is 0 Å². The molecule has 1 rings (SSSR count). The molecule has 3 heteroatoms. The maximum Gasteiger partial charge on any atom is 0.307 e. The number of ether oxygens (including phenoxy) is 1. The minimum atomic E-state index is -0.263. The van der Waals surface area contributed by atoms with Crippen molar-refractivity contribution >= 4 is 12.0 Å². The third kappa shape index (κ3) is 4.75. The predicted molar refractivity (Wildman–Crippen MR) is 64.7 cm³/mol. The zero-order valence-corrected chi connectivity index (χ0v) is 9.43. The first kappa shape index (κ1) is 12.5. The van der Waals surface area contributed by atoms with Crippen molar-refractivity contribution < 1.29 is 9.53 Å². The van der Waals surface area contributed by atoms with Crippen LogP contribution in [-0.4, -0.2) is 19.1 Å². The quantitative estimate of drug-likeness (QED) is 0.770. The monoisotopic (exact) mass is 219 g/mol. The van der Waals surface area contributed by atoms with Crippen LogP contribution in [0.15, 0.2) is 36.4 Å². The number of carbonyl (C=O) groups is 1. The molecular formula is C13H17NO2. The average molecular weight is 219 g/mol. The Balaban J connectivity index is 2.34. The number of benzene rings is 1. The van der Waals surface area contributed by atoms with E-state index >= 15 is 0 Å². The van der Waals surface area contributed by atoms with Crippen LogP contribution >= 0.6 is 0 Å². The average Bonchev–Trinajstić information content (AvgIpc) is 2.30. The van der Waals surface area contributed by atoms with Crippen molar-refractivity contribution in [2.24, 2.45) is 5.73 Å². The van der Waals surface area contributed by atoms with Crippen LogP contribution in [0.4, 0.5) is 0 Å². The molecule has 0 fully saturated rings. The molecular weight excluding hydrogens is 202 g/mol. The molecule has 1 aromatic carbocycles. The topological polar surface area (TPSA) is 52.3 Å². The van der Waals surface area contributed by atoms with E-state index in [1.54, 1.807) is 0 Å². The van der Waals surface area contributed by atoms with Crippen molar-refractivity contribution in [3.8, 4) is 0 Å². The van der Waals surface area contributed by atoms with Gasteiger partial charge in [0, 0.05) is 6.04 Å². The largest absolute Gasteiger partial charge is 0.469 e. The molecule has 0 radical (unpaired) electrons. The van der Waals surface area contributed by atoms with Gasteiger partial charge in [0.15, 0.2) is 0 Å². The predicted octanol–water partition coefficient (Wildman–Crippen LogP) is 1.98. The van der Waals surface area contributed by atoms with Gasteiger partial charge in [-0.1, -0.05) is 42.5 Å². The molecule has 0 spiro atoms. The summed E-state index contributed by atoms with van der Waals surface area (Å²) in [5, 5.41) is 0. The fourth-order valence-corrected chi connectivity index (χ4v) is 1.32. The Labute approximate surface area is 95.9 Å². The minimum Gasteiger partial charge on any atom is -0.469 e. The molecule has 0 heterocycles. The van der Waals surface area contributed by atoms with Crippen molar-refractivity contribution in [2.75, 3.05) is 7.11 Å². The summed E-state index contributed by atoms with van der Waals surface area (Å²) in [6.07, 6.45) is 4.90. The number of rotatable bonds is 5. The first-order chi connectivity index (χ1) is 7.72. The zero-order chi connectivity index (χ0) is 11.8. The molecule has 2 N–H and O–H groups in total. The molecule has 0 aromatic heterocycles. The Morgan fingerprint density at radius 2 is 2.12 bits per heavy atom. The van der Waals surface area contributed by atoms with Gasteiger partial charge in [0.1, 0.15) is 0 Å². The third-order valence-corrected chi connectivity index (χ3v) is 2.21. The first-order valence-electron chi connectivity index (χ1n) is 5.26. The van der Waals surface area contributed by atoms with Crippen molar-refractivity contribution in [2.45, 2.75) is 18.9 Å². The number of carbonyl (C=O) groups excluding carboxylic acids is 1. The minimum absolute atomic E-state index is 0.174. The van der Waals surface area contributed by atoms with E-state index in [-0.39, 0.29) is 18.4 Å². The number of hydrogen-bond acceptors (Lipinski definition) is 3. The third-order valence-electron chi connectivity index (χ3n) is 2.21. The van der Waals surface area contributed by atoms with Crippen LogP contribution < -0.4 is 5.73 Å². The summed E-state index contributed by atoms with van der Waals surface area (Å²) in [5.41, 5.74) is 6.89. The molecule has 3 nitrogen and oxygen atoms in total. The molecule has 0 amide bonds. The van der Waals surface area contributed by atoms with Gasteiger partial charge < -0.3 is 10.5 Å². The van der Waals surface area contributed by atoms with Crippen molar-refractivity contribution in [3.05, 3.63) is 42.0 Å². The van der Waals surface area contributed by atoms with E-state index in [2.05, 4.69) is 4.74 Å². The lowest BCUT2D eigenvalue weighted by molar-refractivity contribution is -0.140. The van der Waals surface area contributed by atoms with Crippen molar-refractivity contribution in [1.82, 2.24) is 0 Å². The summed E-state index contributed by atoms with van der Waals surface area (Å²) < 4.78 is 4.54. The van der Waals surface area contributed by atoms with Gasteiger partial charge in [-0.15, -0.1) is 0 Å². The Morgan fingerprint density at radius 1 is 1.44 bits per heavy atom. The number of hydrogen-bond donors (Lipinski definition) is 1.